The highest BCUT2D eigenvalue weighted by molar-refractivity contribution is 6.03. The predicted molar refractivity (Wildman–Crippen MR) is 142 cm³/mol. The molecule has 190 valence electrons. The zero-order valence-corrected chi connectivity index (χ0v) is 21.2. The van der Waals surface area contributed by atoms with Gasteiger partial charge in [-0.2, -0.15) is 0 Å². The van der Waals surface area contributed by atoms with E-state index in [4.69, 9.17) is 0 Å². The lowest BCUT2D eigenvalue weighted by Crippen LogP contribution is -2.52. The van der Waals surface area contributed by atoms with Gasteiger partial charge < -0.3 is 15.5 Å². The SMILES string of the molecule is O=C(NC1CCNCC1)[C@@H]1Cc2ccccc2N1C(=O)CCN1CCC2(CCc3ccccc32)CC1. The van der Waals surface area contributed by atoms with E-state index < -0.39 is 6.04 Å². The van der Waals surface area contributed by atoms with E-state index in [0.717, 1.165) is 56.8 Å². The van der Waals surface area contributed by atoms with Gasteiger partial charge in [-0.1, -0.05) is 42.5 Å². The summed E-state index contributed by atoms with van der Waals surface area (Å²) >= 11 is 0. The molecular formula is C30H38N4O2. The molecule has 0 radical (unpaired) electrons. The van der Waals surface area contributed by atoms with Crippen LogP contribution in [0.3, 0.4) is 0 Å². The van der Waals surface area contributed by atoms with Crippen molar-refractivity contribution in [2.24, 2.45) is 0 Å². The topological polar surface area (TPSA) is 64.7 Å². The number of piperidine rings is 2. The molecule has 3 aliphatic heterocycles. The van der Waals surface area contributed by atoms with Crippen molar-refractivity contribution in [1.82, 2.24) is 15.5 Å². The number of carbonyl (C=O) groups excluding carboxylic acids is 2. The minimum absolute atomic E-state index is 0.00809. The summed E-state index contributed by atoms with van der Waals surface area (Å²) in [7, 11) is 0. The van der Waals surface area contributed by atoms with Crippen molar-refractivity contribution in [3.63, 3.8) is 0 Å². The summed E-state index contributed by atoms with van der Waals surface area (Å²) in [5.74, 6) is 0.0585. The van der Waals surface area contributed by atoms with Crippen LogP contribution in [0.25, 0.3) is 0 Å². The number of amides is 2. The van der Waals surface area contributed by atoms with Crippen LogP contribution in [0.4, 0.5) is 5.69 Å². The molecule has 36 heavy (non-hydrogen) atoms. The Balaban J connectivity index is 1.09. The molecule has 6 nitrogen and oxygen atoms in total. The Morgan fingerprint density at radius 3 is 2.47 bits per heavy atom. The van der Waals surface area contributed by atoms with Crippen LogP contribution in [-0.2, 0) is 27.8 Å². The number of nitrogens with one attached hydrogen (secondary N) is 2. The number of hydrogen-bond donors (Lipinski definition) is 2. The highest BCUT2D eigenvalue weighted by Gasteiger charge is 2.42. The van der Waals surface area contributed by atoms with E-state index in [1.807, 2.05) is 18.2 Å². The normalized spacial score (nSPS) is 23.4. The summed E-state index contributed by atoms with van der Waals surface area (Å²) in [5, 5.41) is 6.59. The number of para-hydroxylation sites is 1. The number of benzene rings is 2. The third kappa shape index (κ3) is 4.46. The summed E-state index contributed by atoms with van der Waals surface area (Å²) in [4.78, 5) is 31.1. The van der Waals surface area contributed by atoms with E-state index in [9.17, 15) is 9.59 Å². The summed E-state index contributed by atoms with van der Waals surface area (Å²) in [5.41, 5.74) is 5.44. The standard InChI is InChI=1S/C30H38N4O2/c35-28(12-18-33-19-14-30(15-20-33)13-9-22-5-1-3-7-25(22)30)34-26-8-4-2-6-23(26)21-27(34)29(36)32-24-10-16-31-17-11-24/h1-8,24,27,31H,9-21H2,(H,32,36)/t27-/m0/s1. The second-order valence-electron chi connectivity index (χ2n) is 11.2. The molecule has 1 spiro atoms. The lowest BCUT2D eigenvalue weighted by molar-refractivity contribution is -0.127. The van der Waals surface area contributed by atoms with Crippen molar-refractivity contribution in [1.29, 1.82) is 0 Å². The van der Waals surface area contributed by atoms with E-state index in [0.29, 0.717) is 18.3 Å². The first-order chi connectivity index (χ1) is 17.6. The summed E-state index contributed by atoms with van der Waals surface area (Å²) in [6.07, 6.45) is 7.75. The smallest absolute Gasteiger partial charge is 0.243 e. The average Bonchev–Trinajstić information content (AvgIpc) is 3.48. The van der Waals surface area contributed by atoms with Crippen LogP contribution in [-0.4, -0.2) is 61.5 Å². The van der Waals surface area contributed by atoms with Gasteiger partial charge in [-0.25, -0.2) is 0 Å². The molecule has 1 aliphatic carbocycles. The number of anilines is 1. The fraction of sp³-hybridized carbons (Fsp3) is 0.533. The van der Waals surface area contributed by atoms with Gasteiger partial charge in [-0.15, -0.1) is 0 Å². The highest BCUT2D eigenvalue weighted by atomic mass is 16.2. The molecule has 0 unspecified atom stereocenters. The van der Waals surface area contributed by atoms with Crippen molar-refractivity contribution in [2.45, 2.75) is 68.9 Å². The number of carbonyl (C=O) groups is 2. The van der Waals surface area contributed by atoms with E-state index in [1.165, 1.54) is 31.2 Å². The van der Waals surface area contributed by atoms with Crippen molar-refractivity contribution in [2.75, 3.05) is 37.6 Å². The number of hydrogen-bond acceptors (Lipinski definition) is 4. The van der Waals surface area contributed by atoms with Crippen LogP contribution in [0.1, 0.15) is 55.2 Å². The third-order valence-electron chi connectivity index (χ3n) is 9.15. The van der Waals surface area contributed by atoms with Crippen LogP contribution >= 0.6 is 0 Å². The lowest BCUT2D eigenvalue weighted by atomic mass is 9.74. The number of nitrogens with zero attached hydrogens (tertiary/aromatic N) is 2. The first-order valence-corrected chi connectivity index (χ1v) is 13.8. The van der Waals surface area contributed by atoms with Gasteiger partial charge in [0.05, 0.1) is 0 Å². The Hall–Kier alpha value is -2.70. The Labute approximate surface area is 214 Å². The minimum Gasteiger partial charge on any atom is -0.351 e. The monoisotopic (exact) mass is 486 g/mol. The molecule has 6 rings (SSSR count). The maximum absolute atomic E-state index is 13.6. The molecule has 2 saturated heterocycles. The van der Waals surface area contributed by atoms with E-state index >= 15 is 0 Å². The van der Waals surface area contributed by atoms with Gasteiger partial charge in [0.2, 0.25) is 11.8 Å². The number of rotatable bonds is 5. The van der Waals surface area contributed by atoms with Crippen LogP contribution < -0.4 is 15.5 Å². The molecule has 2 aromatic carbocycles. The van der Waals surface area contributed by atoms with Gasteiger partial charge in [0.1, 0.15) is 6.04 Å². The van der Waals surface area contributed by atoms with Gasteiger partial charge >= 0.3 is 0 Å². The number of aryl methyl sites for hydroxylation is 1. The van der Waals surface area contributed by atoms with Crippen LogP contribution in [0.2, 0.25) is 0 Å². The van der Waals surface area contributed by atoms with Gasteiger partial charge in [-0.3, -0.25) is 14.5 Å². The summed E-state index contributed by atoms with van der Waals surface area (Å²) in [6, 6.07) is 16.7. The Bertz CT molecular complexity index is 1120. The molecule has 4 aliphatic rings. The van der Waals surface area contributed by atoms with Crippen molar-refractivity contribution in [3.8, 4) is 0 Å². The quantitative estimate of drug-likeness (QED) is 0.682. The molecular weight excluding hydrogens is 448 g/mol. The molecule has 2 aromatic rings. The van der Waals surface area contributed by atoms with Gasteiger partial charge in [0, 0.05) is 31.1 Å². The molecule has 2 fully saturated rings. The molecule has 6 heteroatoms. The van der Waals surface area contributed by atoms with Crippen LogP contribution in [0.5, 0.6) is 0 Å². The van der Waals surface area contributed by atoms with Crippen molar-refractivity contribution >= 4 is 17.5 Å². The largest absolute Gasteiger partial charge is 0.351 e. The maximum atomic E-state index is 13.6. The summed E-state index contributed by atoms with van der Waals surface area (Å²) in [6.45, 7) is 4.70. The maximum Gasteiger partial charge on any atom is 0.243 e. The zero-order valence-electron chi connectivity index (χ0n) is 21.2. The van der Waals surface area contributed by atoms with E-state index in [1.54, 1.807) is 10.5 Å². The first-order valence-electron chi connectivity index (χ1n) is 13.8. The lowest BCUT2D eigenvalue weighted by Gasteiger charge is -2.40. The summed E-state index contributed by atoms with van der Waals surface area (Å²) < 4.78 is 0. The second kappa shape index (κ2) is 9.98. The molecule has 0 bridgehead atoms. The Morgan fingerprint density at radius 2 is 1.67 bits per heavy atom. The third-order valence-corrected chi connectivity index (χ3v) is 9.15. The molecule has 2 amide bonds. The Morgan fingerprint density at radius 1 is 0.944 bits per heavy atom. The zero-order chi connectivity index (χ0) is 24.5. The van der Waals surface area contributed by atoms with Crippen molar-refractivity contribution < 1.29 is 9.59 Å². The molecule has 1 atom stereocenters. The molecule has 0 saturated carbocycles. The average molecular weight is 487 g/mol. The first kappa shape index (κ1) is 23.7. The molecule has 3 heterocycles. The van der Waals surface area contributed by atoms with Gasteiger partial charge in [0.15, 0.2) is 0 Å². The van der Waals surface area contributed by atoms with Crippen LogP contribution in [0, 0.1) is 0 Å². The molecule has 0 aromatic heterocycles. The highest BCUT2D eigenvalue weighted by Crippen LogP contribution is 2.46. The minimum atomic E-state index is -0.440. The number of fused-ring (bicyclic) bond motifs is 3. The van der Waals surface area contributed by atoms with Gasteiger partial charge in [-0.05, 0) is 92.9 Å². The second-order valence-corrected chi connectivity index (χ2v) is 11.2. The fourth-order valence-electron chi connectivity index (χ4n) is 7.03. The van der Waals surface area contributed by atoms with E-state index in [-0.39, 0.29) is 17.9 Å². The fourth-order valence-corrected chi connectivity index (χ4v) is 7.03. The molecule has 2 N–H and O–H groups in total. The van der Waals surface area contributed by atoms with Crippen LogP contribution in [0.15, 0.2) is 48.5 Å². The van der Waals surface area contributed by atoms with Gasteiger partial charge in [0.25, 0.3) is 0 Å². The predicted octanol–water partition coefficient (Wildman–Crippen LogP) is 3.18. The van der Waals surface area contributed by atoms with Crippen molar-refractivity contribution in [3.05, 3.63) is 65.2 Å². The van der Waals surface area contributed by atoms with E-state index in [2.05, 4.69) is 45.9 Å². The number of likely N-dealkylation sites (tertiary alicyclic amines) is 1. The Kier molecular flexibility index (Phi) is 6.57.